The lowest BCUT2D eigenvalue weighted by Gasteiger charge is -2.56. The van der Waals surface area contributed by atoms with Crippen molar-refractivity contribution in [2.45, 2.75) is 138 Å². The molecule has 0 aromatic heterocycles. The molecule has 78 heavy (non-hydrogen) atoms. The predicted molar refractivity (Wildman–Crippen MR) is 293 cm³/mol. The van der Waals surface area contributed by atoms with Gasteiger partial charge in [0.1, 0.15) is 60.3 Å². The van der Waals surface area contributed by atoms with Crippen molar-refractivity contribution in [3.05, 3.63) is 192 Å². The number of aliphatic hydroxyl groups excluding tert-OH is 1. The number of hydrogen-bond acceptors (Lipinski definition) is 13. The lowest BCUT2D eigenvalue weighted by atomic mass is 9.90. The first kappa shape index (κ1) is 53.9. The third-order valence-corrected chi connectivity index (χ3v) is 20.9. The topological polar surface area (TPSA) is 150 Å². The van der Waals surface area contributed by atoms with Crippen LogP contribution in [0.5, 0.6) is 11.5 Å². The molecule has 408 valence electrons. The Kier molecular flexibility index (Phi) is 16.1. The number of methoxy groups -OCH3 is 1. The normalized spacial score (nSPS) is 27.0. The van der Waals surface area contributed by atoms with Crippen molar-refractivity contribution in [2.75, 3.05) is 20.3 Å². The number of hydrogen-bond donors (Lipinski definition) is 1. The van der Waals surface area contributed by atoms with Gasteiger partial charge >= 0.3 is 0 Å². The summed E-state index contributed by atoms with van der Waals surface area (Å²) in [5, 5.41) is 15.0. The molecule has 1 spiro atoms. The van der Waals surface area contributed by atoms with Crippen molar-refractivity contribution in [1.82, 2.24) is 4.90 Å². The monoisotopic (exact) mass is 1080 g/mol. The van der Waals surface area contributed by atoms with E-state index >= 15 is 0 Å². The first-order valence-corrected chi connectivity index (χ1v) is 29.2. The van der Waals surface area contributed by atoms with Gasteiger partial charge in [-0.1, -0.05) is 161 Å². The summed E-state index contributed by atoms with van der Waals surface area (Å²) in [6.45, 7) is 6.90. The molecular formula is C63H69NO13Si. The van der Waals surface area contributed by atoms with E-state index in [1.807, 2.05) is 97.1 Å². The van der Waals surface area contributed by atoms with E-state index < -0.39 is 92.3 Å². The molecular weight excluding hydrogens is 1010 g/mol. The number of carbonyl (C=O) groups excluding carboxylic acids is 2. The minimum atomic E-state index is -3.42. The Labute approximate surface area is 457 Å². The molecule has 4 aliphatic heterocycles. The summed E-state index contributed by atoms with van der Waals surface area (Å²) < 4.78 is 69.1. The van der Waals surface area contributed by atoms with Gasteiger partial charge in [0.15, 0.2) is 12.1 Å². The van der Waals surface area contributed by atoms with Gasteiger partial charge in [-0.2, -0.15) is 0 Å². The number of benzene rings is 6. The maximum Gasteiger partial charge on any atom is 0.262 e. The van der Waals surface area contributed by atoms with E-state index in [9.17, 15) is 14.7 Å². The van der Waals surface area contributed by atoms with Crippen LogP contribution >= 0.6 is 0 Å². The van der Waals surface area contributed by atoms with Crippen LogP contribution in [0.1, 0.15) is 84.7 Å². The van der Waals surface area contributed by atoms with Crippen molar-refractivity contribution >= 4 is 30.5 Å². The lowest BCUT2D eigenvalue weighted by molar-refractivity contribution is -0.405. The van der Waals surface area contributed by atoms with Crippen LogP contribution in [0.4, 0.5) is 0 Å². The van der Waals surface area contributed by atoms with E-state index in [0.29, 0.717) is 24.3 Å². The number of rotatable bonds is 17. The molecule has 6 aromatic carbocycles. The summed E-state index contributed by atoms with van der Waals surface area (Å²) in [5.74, 6) is -1.01. The molecule has 1 N–H and O–H groups in total. The first-order chi connectivity index (χ1) is 37.9. The molecule has 1 saturated carbocycles. The molecule has 10 atom stereocenters. The fourth-order valence-corrected chi connectivity index (χ4v) is 16.7. The van der Waals surface area contributed by atoms with Crippen molar-refractivity contribution in [3.8, 4) is 11.5 Å². The Balaban J connectivity index is 1.03. The molecule has 5 aliphatic rings. The second kappa shape index (κ2) is 23.3. The Morgan fingerprint density at radius 2 is 1.19 bits per heavy atom. The van der Waals surface area contributed by atoms with Crippen LogP contribution in [0.25, 0.3) is 0 Å². The van der Waals surface area contributed by atoms with Crippen LogP contribution in [-0.2, 0) is 50.8 Å². The van der Waals surface area contributed by atoms with E-state index in [-0.39, 0.29) is 37.6 Å². The van der Waals surface area contributed by atoms with Gasteiger partial charge in [0.25, 0.3) is 20.1 Å². The molecule has 0 radical (unpaired) electrons. The van der Waals surface area contributed by atoms with Gasteiger partial charge in [-0.25, -0.2) is 0 Å². The van der Waals surface area contributed by atoms with E-state index in [4.69, 9.17) is 47.1 Å². The van der Waals surface area contributed by atoms with Gasteiger partial charge in [0.2, 0.25) is 6.29 Å². The van der Waals surface area contributed by atoms with Crippen LogP contribution in [-0.4, -0.2) is 118 Å². The average Bonchev–Trinajstić information content (AvgIpc) is 3.92. The second-order valence-corrected chi connectivity index (χ2v) is 26.1. The Morgan fingerprint density at radius 3 is 1.77 bits per heavy atom. The number of amides is 2. The molecule has 14 nitrogen and oxygen atoms in total. The summed E-state index contributed by atoms with van der Waals surface area (Å²) >= 11 is 0. The quantitative estimate of drug-likeness (QED) is 0.0686. The van der Waals surface area contributed by atoms with Gasteiger partial charge in [-0.3, -0.25) is 14.5 Å². The molecule has 1 aliphatic carbocycles. The highest BCUT2D eigenvalue weighted by Gasteiger charge is 2.62. The summed E-state index contributed by atoms with van der Waals surface area (Å²) in [7, 11) is -1.84. The first-order valence-electron chi connectivity index (χ1n) is 27.3. The fraction of sp³-hybridized carbons (Fsp3) is 0.397. The van der Waals surface area contributed by atoms with Gasteiger partial charge in [0.05, 0.1) is 44.7 Å². The number of fused-ring (bicyclic) bond motifs is 2. The molecule has 6 aromatic rings. The van der Waals surface area contributed by atoms with Crippen molar-refractivity contribution in [2.24, 2.45) is 0 Å². The standard InChI is InChI=1S/C63H69NO13Si/c1-62(2,3)78(46-26-14-7-15-27-46,47-28-16-8-17-29-47)77-57-53(65)61(74-51-41-71-63(76-55(51)57)36-20-9-21-37-63)75-54-50(40-69-38-42-22-10-5-11-23-42)73-60(72-45-34-32-44(68-4)33-35-45)52(56(54)70-39-43-24-12-6-13-25-43)64-58(66)48-30-18-19-31-49(48)59(64)67/h5-8,10-19,22-35,50-57,60-61,65H,9,20-21,36-41H2,1-4H3/t50-,51-,52-,53+,54-,55-,56-,57-,60-,61+/m1/s1. The second-order valence-electron chi connectivity index (χ2n) is 21.9. The Morgan fingerprint density at radius 1 is 0.641 bits per heavy atom. The highest BCUT2D eigenvalue weighted by Crippen LogP contribution is 2.46. The molecule has 11 rings (SSSR count). The van der Waals surface area contributed by atoms with Crippen molar-refractivity contribution < 1.29 is 61.8 Å². The minimum absolute atomic E-state index is 0.0278. The average molecular weight is 1080 g/mol. The molecule has 3 saturated heterocycles. The minimum Gasteiger partial charge on any atom is -0.497 e. The molecule has 0 bridgehead atoms. The third-order valence-electron chi connectivity index (χ3n) is 15.8. The summed E-state index contributed by atoms with van der Waals surface area (Å²) in [4.78, 5) is 31.0. The molecule has 2 amide bonds. The van der Waals surface area contributed by atoms with Crippen LogP contribution in [0.3, 0.4) is 0 Å². The number of carbonyl (C=O) groups is 2. The number of aliphatic hydroxyl groups is 1. The maximum atomic E-state index is 14.9. The molecule has 15 heteroatoms. The highest BCUT2D eigenvalue weighted by atomic mass is 28.4. The maximum absolute atomic E-state index is 14.9. The smallest absolute Gasteiger partial charge is 0.262 e. The zero-order valence-electron chi connectivity index (χ0n) is 44.6. The number of ether oxygens (including phenoxy) is 9. The van der Waals surface area contributed by atoms with Crippen LogP contribution in [0.2, 0.25) is 5.04 Å². The number of nitrogens with zero attached hydrogens (tertiary/aromatic N) is 1. The van der Waals surface area contributed by atoms with E-state index in [0.717, 1.165) is 40.8 Å². The predicted octanol–water partition coefficient (Wildman–Crippen LogP) is 8.76. The Hall–Kier alpha value is -6.08. The molecule has 0 unspecified atom stereocenters. The zero-order valence-corrected chi connectivity index (χ0v) is 45.6. The summed E-state index contributed by atoms with van der Waals surface area (Å²) in [6.07, 6.45) is -5.95. The molecule has 4 fully saturated rings. The highest BCUT2D eigenvalue weighted by molar-refractivity contribution is 6.99. The lowest BCUT2D eigenvalue weighted by Crippen LogP contribution is -2.74. The van der Waals surface area contributed by atoms with Crippen LogP contribution in [0, 0.1) is 0 Å². The van der Waals surface area contributed by atoms with E-state index in [1.54, 1.807) is 55.6 Å². The summed E-state index contributed by atoms with van der Waals surface area (Å²) in [5.41, 5.74) is 2.20. The van der Waals surface area contributed by atoms with Gasteiger partial charge in [0, 0.05) is 12.8 Å². The largest absolute Gasteiger partial charge is 0.497 e. The van der Waals surface area contributed by atoms with Gasteiger partial charge < -0.3 is 52.2 Å². The summed E-state index contributed by atoms with van der Waals surface area (Å²) in [6, 6.07) is 52.3. The Bertz CT molecular complexity index is 2870. The third kappa shape index (κ3) is 10.9. The SMILES string of the molecule is COc1ccc(O[C@@H]2O[C@H](COCc3ccccc3)[C@@H](O[C@@H]3O[C@@H]4COC5(CCCCC5)O[C@H]4[C@H](O[Si](c4ccccc4)(c4ccccc4)C(C)(C)C)[C@@H]3O)[C@H](OCc3ccccc3)[C@H]2N2C(=O)c3ccccc3C2=O)cc1. The van der Waals surface area contributed by atoms with Gasteiger partial charge in [-0.05, 0) is 75.8 Å². The van der Waals surface area contributed by atoms with Crippen molar-refractivity contribution in [3.63, 3.8) is 0 Å². The van der Waals surface area contributed by atoms with E-state index in [1.165, 1.54) is 4.90 Å². The molecule has 4 heterocycles. The van der Waals surface area contributed by atoms with Crippen molar-refractivity contribution in [1.29, 1.82) is 0 Å². The van der Waals surface area contributed by atoms with E-state index in [2.05, 4.69) is 45.0 Å². The number of imide groups is 1. The van der Waals surface area contributed by atoms with Crippen LogP contribution < -0.4 is 19.8 Å². The zero-order chi connectivity index (χ0) is 53.9. The fourth-order valence-electron chi connectivity index (χ4n) is 12.0. The van der Waals surface area contributed by atoms with Gasteiger partial charge in [-0.15, -0.1) is 0 Å². The van der Waals surface area contributed by atoms with Crippen LogP contribution in [0.15, 0.2) is 170 Å².